The van der Waals surface area contributed by atoms with E-state index < -0.39 is 3.79 Å². The van der Waals surface area contributed by atoms with Crippen LogP contribution in [0.1, 0.15) is 39.0 Å². The van der Waals surface area contributed by atoms with Gasteiger partial charge in [0.15, 0.2) is 3.79 Å². The minimum atomic E-state index is -1.41. The maximum absolute atomic E-state index is 11.1. The fourth-order valence-electron chi connectivity index (χ4n) is 0.884. The zero-order valence-corrected chi connectivity index (χ0v) is 9.35. The van der Waals surface area contributed by atoms with E-state index in [9.17, 15) is 4.79 Å². The summed E-state index contributed by atoms with van der Waals surface area (Å²) in [6.45, 7) is 2.08. The van der Waals surface area contributed by atoms with Gasteiger partial charge in [0.25, 0.3) is 0 Å². The fourth-order valence-corrected chi connectivity index (χ4v) is 1.33. The summed E-state index contributed by atoms with van der Waals surface area (Å²) in [5.74, 6) is 0.0310. The highest BCUT2D eigenvalue weighted by atomic mass is 35.6. The van der Waals surface area contributed by atoms with Crippen molar-refractivity contribution in [2.45, 2.75) is 42.8 Å². The molecule has 0 aliphatic rings. The molecule has 72 valence electrons. The zero-order valence-electron chi connectivity index (χ0n) is 7.08. The second kappa shape index (κ2) is 6.06. The normalized spacial score (nSPS) is 11.7. The van der Waals surface area contributed by atoms with Gasteiger partial charge < -0.3 is 0 Å². The van der Waals surface area contributed by atoms with Crippen molar-refractivity contribution in [2.24, 2.45) is 0 Å². The number of unbranched alkanes of at least 4 members (excludes halogenated alkanes) is 2. The van der Waals surface area contributed by atoms with E-state index in [0.29, 0.717) is 6.42 Å². The first kappa shape index (κ1) is 12.5. The van der Waals surface area contributed by atoms with Gasteiger partial charge in [-0.25, -0.2) is 0 Å². The third kappa shape index (κ3) is 8.63. The average Bonchev–Trinajstić information content (AvgIpc) is 1.84. The molecule has 0 aliphatic carbocycles. The van der Waals surface area contributed by atoms with Crippen LogP contribution in [-0.2, 0) is 4.79 Å². The van der Waals surface area contributed by atoms with Gasteiger partial charge >= 0.3 is 0 Å². The van der Waals surface area contributed by atoms with Crippen molar-refractivity contribution < 1.29 is 4.79 Å². The molecule has 0 fully saturated rings. The Hall–Kier alpha value is 0.540. The van der Waals surface area contributed by atoms with Gasteiger partial charge in [-0.3, -0.25) is 4.79 Å². The van der Waals surface area contributed by atoms with Gasteiger partial charge in [-0.15, -0.1) is 0 Å². The first-order valence-electron chi connectivity index (χ1n) is 4.04. The van der Waals surface area contributed by atoms with E-state index in [4.69, 9.17) is 34.8 Å². The summed E-state index contributed by atoms with van der Waals surface area (Å²) in [4.78, 5) is 11.1. The molecule has 0 rings (SSSR count). The number of hydrogen-bond acceptors (Lipinski definition) is 1. The highest BCUT2D eigenvalue weighted by molar-refractivity contribution is 6.68. The van der Waals surface area contributed by atoms with Gasteiger partial charge in [-0.1, -0.05) is 54.6 Å². The minimum absolute atomic E-state index is 0.0291. The van der Waals surface area contributed by atoms with Gasteiger partial charge in [-0.2, -0.15) is 0 Å². The number of hydrogen-bond donors (Lipinski definition) is 0. The van der Waals surface area contributed by atoms with Gasteiger partial charge in [0.05, 0.1) is 6.42 Å². The Labute approximate surface area is 88.4 Å². The molecule has 0 aliphatic heterocycles. The van der Waals surface area contributed by atoms with Crippen molar-refractivity contribution in [1.29, 1.82) is 0 Å². The van der Waals surface area contributed by atoms with Crippen LogP contribution in [0.4, 0.5) is 0 Å². The Morgan fingerprint density at radius 2 is 1.83 bits per heavy atom. The maximum atomic E-state index is 11.1. The third-order valence-corrected chi connectivity index (χ3v) is 1.86. The number of carbonyl (C=O) groups excluding carboxylic acids is 1. The van der Waals surface area contributed by atoms with E-state index >= 15 is 0 Å². The van der Waals surface area contributed by atoms with Crippen molar-refractivity contribution >= 4 is 40.6 Å². The highest BCUT2D eigenvalue weighted by Gasteiger charge is 2.23. The van der Waals surface area contributed by atoms with Crippen LogP contribution >= 0.6 is 34.8 Å². The lowest BCUT2D eigenvalue weighted by Crippen LogP contribution is -2.10. The number of halogens is 3. The first-order chi connectivity index (χ1) is 5.45. The van der Waals surface area contributed by atoms with E-state index in [1.54, 1.807) is 0 Å². The summed E-state index contributed by atoms with van der Waals surface area (Å²) < 4.78 is -1.41. The van der Waals surface area contributed by atoms with Crippen LogP contribution in [0.2, 0.25) is 0 Å². The topological polar surface area (TPSA) is 17.1 Å². The van der Waals surface area contributed by atoms with Crippen molar-refractivity contribution in [1.82, 2.24) is 0 Å². The summed E-state index contributed by atoms with van der Waals surface area (Å²) in [5.41, 5.74) is 0. The molecular formula is C8H13Cl3O. The molecule has 0 unspecified atom stereocenters. The Morgan fingerprint density at radius 3 is 2.25 bits per heavy atom. The second-order valence-electron chi connectivity index (χ2n) is 2.79. The molecule has 0 spiro atoms. The smallest absolute Gasteiger partial charge is 0.197 e. The monoisotopic (exact) mass is 230 g/mol. The summed E-state index contributed by atoms with van der Waals surface area (Å²) >= 11 is 16.4. The van der Waals surface area contributed by atoms with Crippen LogP contribution in [-0.4, -0.2) is 9.58 Å². The van der Waals surface area contributed by atoms with Crippen LogP contribution in [0.5, 0.6) is 0 Å². The molecular weight excluding hydrogens is 218 g/mol. The van der Waals surface area contributed by atoms with E-state index in [1.807, 2.05) is 0 Å². The number of Topliss-reactive ketones (excluding diaryl/α,β-unsaturated/α-hetero) is 1. The second-order valence-corrected chi connectivity index (χ2v) is 5.30. The Balaban J connectivity index is 3.47. The van der Waals surface area contributed by atoms with Crippen LogP contribution in [0, 0.1) is 0 Å². The summed E-state index contributed by atoms with van der Waals surface area (Å²) in [6, 6.07) is 0. The van der Waals surface area contributed by atoms with Crippen molar-refractivity contribution in [3.05, 3.63) is 0 Å². The molecule has 0 N–H and O–H groups in total. The van der Waals surface area contributed by atoms with Crippen LogP contribution in [0.15, 0.2) is 0 Å². The highest BCUT2D eigenvalue weighted by Crippen LogP contribution is 2.30. The van der Waals surface area contributed by atoms with Crippen molar-refractivity contribution in [2.75, 3.05) is 0 Å². The molecule has 0 heterocycles. The molecule has 0 radical (unpaired) electrons. The third-order valence-electron chi connectivity index (χ3n) is 1.46. The van der Waals surface area contributed by atoms with Crippen LogP contribution in [0.3, 0.4) is 0 Å². The molecule has 0 saturated heterocycles. The average molecular weight is 232 g/mol. The Kier molecular flexibility index (Phi) is 6.34. The summed E-state index contributed by atoms with van der Waals surface area (Å²) in [7, 11) is 0. The molecule has 1 nitrogen and oxygen atoms in total. The molecule has 0 saturated carbocycles. The molecule has 0 aromatic heterocycles. The standard InChI is InChI=1S/C8H13Cl3O/c1-2-3-4-5-7(12)6-8(9,10)11/h2-6H2,1H3. The Morgan fingerprint density at radius 1 is 1.25 bits per heavy atom. The number of carbonyl (C=O) groups is 1. The number of alkyl halides is 3. The predicted molar refractivity (Wildman–Crippen MR) is 54.1 cm³/mol. The summed E-state index contributed by atoms with van der Waals surface area (Å²) in [6.07, 6.45) is 3.62. The zero-order chi connectivity index (χ0) is 9.61. The summed E-state index contributed by atoms with van der Waals surface area (Å²) in [5, 5.41) is 0. The molecule has 0 atom stereocenters. The molecule has 0 amide bonds. The number of ketones is 1. The van der Waals surface area contributed by atoms with E-state index in [2.05, 4.69) is 6.92 Å². The molecule has 0 aromatic carbocycles. The van der Waals surface area contributed by atoms with E-state index in [0.717, 1.165) is 19.3 Å². The van der Waals surface area contributed by atoms with Crippen molar-refractivity contribution in [3.8, 4) is 0 Å². The quantitative estimate of drug-likeness (QED) is 0.518. The van der Waals surface area contributed by atoms with E-state index in [1.165, 1.54) is 0 Å². The van der Waals surface area contributed by atoms with E-state index in [-0.39, 0.29) is 12.2 Å². The fraction of sp³-hybridized carbons (Fsp3) is 0.875. The molecule has 12 heavy (non-hydrogen) atoms. The SMILES string of the molecule is CCCCCC(=O)CC(Cl)(Cl)Cl. The largest absolute Gasteiger partial charge is 0.300 e. The lowest BCUT2D eigenvalue weighted by Gasteiger charge is -2.08. The predicted octanol–water partition coefficient (Wildman–Crippen LogP) is 3.90. The maximum Gasteiger partial charge on any atom is 0.197 e. The molecule has 0 aromatic rings. The Bertz CT molecular complexity index is 140. The molecule has 4 heteroatoms. The lowest BCUT2D eigenvalue weighted by molar-refractivity contribution is -0.119. The number of rotatable bonds is 5. The lowest BCUT2D eigenvalue weighted by atomic mass is 10.1. The first-order valence-corrected chi connectivity index (χ1v) is 5.17. The van der Waals surface area contributed by atoms with Gasteiger partial charge in [0, 0.05) is 6.42 Å². The van der Waals surface area contributed by atoms with Gasteiger partial charge in [0.2, 0.25) is 0 Å². The molecule has 0 bridgehead atoms. The van der Waals surface area contributed by atoms with Crippen molar-refractivity contribution in [3.63, 3.8) is 0 Å². The van der Waals surface area contributed by atoms with Crippen LogP contribution < -0.4 is 0 Å². The van der Waals surface area contributed by atoms with Gasteiger partial charge in [0.1, 0.15) is 5.78 Å². The van der Waals surface area contributed by atoms with Crippen LogP contribution in [0.25, 0.3) is 0 Å². The van der Waals surface area contributed by atoms with Gasteiger partial charge in [-0.05, 0) is 6.42 Å². The minimum Gasteiger partial charge on any atom is -0.300 e.